The molecule has 82 valence electrons. The molecular formula is C14H20O. The van der Waals surface area contributed by atoms with Gasteiger partial charge in [0.15, 0.2) is 5.78 Å². The third-order valence-electron chi connectivity index (χ3n) is 1.95. The fourth-order valence-corrected chi connectivity index (χ4v) is 1.24. The number of hydrogen-bond acceptors (Lipinski definition) is 1. The molecule has 1 atom stereocenters. The van der Waals surface area contributed by atoms with Gasteiger partial charge in [-0.3, -0.25) is 4.79 Å². The van der Waals surface area contributed by atoms with E-state index in [1.165, 1.54) is 0 Å². The number of ketones is 1. The molecule has 15 heavy (non-hydrogen) atoms. The minimum atomic E-state index is -0.0209. The van der Waals surface area contributed by atoms with E-state index in [2.05, 4.69) is 0 Å². The molecule has 0 aliphatic heterocycles. The zero-order valence-corrected chi connectivity index (χ0v) is 10.0. The molecule has 0 spiro atoms. The lowest BCUT2D eigenvalue weighted by Gasteiger charge is -2.04. The quantitative estimate of drug-likeness (QED) is 0.535. The van der Waals surface area contributed by atoms with Gasteiger partial charge >= 0.3 is 0 Å². The molecule has 1 rings (SSSR count). The maximum absolute atomic E-state index is 11.7. The van der Waals surface area contributed by atoms with Crippen molar-refractivity contribution in [3.63, 3.8) is 0 Å². The van der Waals surface area contributed by atoms with Crippen LogP contribution in [0.1, 0.15) is 38.1 Å². The van der Waals surface area contributed by atoms with Crippen LogP contribution in [0.2, 0.25) is 0 Å². The van der Waals surface area contributed by atoms with Crippen molar-refractivity contribution in [3.05, 3.63) is 48.0 Å². The lowest BCUT2D eigenvalue weighted by Crippen LogP contribution is -2.08. The SMILES string of the molecule is C/C=C/C(C)C(=O)c1ccccc1.CC. The topological polar surface area (TPSA) is 17.1 Å². The van der Waals surface area contributed by atoms with Crippen molar-refractivity contribution < 1.29 is 4.79 Å². The fourth-order valence-electron chi connectivity index (χ4n) is 1.24. The molecule has 0 aromatic heterocycles. The highest BCUT2D eigenvalue weighted by Gasteiger charge is 2.10. The van der Waals surface area contributed by atoms with Crippen LogP contribution in [-0.4, -0.2) is 5.78 Å². The first-order valence-corrected chi connectivity index (χ1v) is 5.47. The van der Waals surface area contributed by atoms with Crippen molar-refractivity contribution in [2.75, 3.05) is 0 Å². The third-order valence-corrected chi connectivity index (χ3v) is 1.95. The molecule has 0 amide bonds. The number of Topliss-reactive ketones (excluding diaryl/α,β-unsaturated/α-hetero) is 1. The molecule has 0 aliphatic carbocycles. The van der Waals surface area contributed by atoms with Crippen LogP contribution in [0.5, 0.6) is 0 Å². The van der Waals surface area contributed by atoms with Crippen LogP contribution in [0.15, 0.2) is 42.5 Å². The highest BCUT2D eigenvalue weighted by molar-refractivity contribution is 5.98. The molecule has 0 aliphatic rings. The predicted octanol–water partition coefficient (Wildman–Crippen LogP) is 4.11. The van der Waals surface area contributed by atoms with Gasteiger partial charge in [-0.1, -0.05) is 63.3 Å². The van der Waals surface area contributed by atoms with E-state index in [4.69, 9.17) is 0 Å². The summed E-state index contributed by atoms with van der Waals surface area (Å²) in [4.78, 5) is 11.7. The van der Waals surface area contributed by atoms with Gasteiger partial charge < -0.3 is 0 Å². The first-order chi connectivity index (χ1) is 7.25. The second-order valence-corrected chi connectivity index (χ2v) is 3.04. The van der Waals surface area contributed by atoms with Gasteiger partial charge in [-0.15, -0.1) is 0 Å². The number of allylic oxidation sites excluding steroid dienone is 2. The van der Waals surface area contributed by atoms with Gasteiger partial charge in [-0.2, -0.15) is 0 Å². The van der Waals surface area contributed by atoms with E-state index < -0.39 is 0 Å². The molecule has 0 fully saturated rings. The third kappa shape index (κ3) is 4.59. The summed E-state index contributed by atoms with van der Waals surface area (Å²) in [5.74, 6) is 0.158. The summed E-state index contributed by atoms with van der Waals surface area (Å²) in [6, 6.07) is 9.38. The Bertz CT molecular complexity index is 298. The smallest absolute Gasteiger partial charge is 0.169 e. The van der Waals surface area contributed by atoms with Crippen molar-refractivity contribution in [2.45, 2.75) is 27.7 Å². The summed E-state index contributed by atoms with van der Waals surface area (Å²) in [6.07, 6.45) is 3.82. The lowest BCUT2D eigenvalue weighted by molar-refractivity contribution is 0.0953. The maximum Gasteiger partial charge on any atom is 0.169 e. The van der Waals surface area contributed by atoms with Crippen LogP contribution in [0.3, 0.4) is 0 Å². The Balaban J connectivity index is 0.000000921. The number of carbonyl (C=O) groups is 1. The average Bonchev–Trinajstić information content (AvgIpc) is 2.32. The molecule has 0 heterocycles. The number of benzene rings is 1. The van der Waals surface area contributed by atoms with Gasteiger partial charge in [0, 0.05) is 11.5 Å². The van der Waals surface area contributed by atoms with Gasteiger partial charge in [-0.25, -0.2) is 0 Å². The summed E-state index contributed by atoms with van der Waals surface area (Å²) in [7, 11) is 0. The van der Waals surface area contributed by atoms with Crippen molar-refractivity contribution in [3.8, 4) is 0 Å². The van der Waals surface area contributed by atoms with Crippen molar-refractivity contribution >= 4 is 5.78 Å². The Labute approximate surface area is 92.8 Å². The monoisotopic (exact) mass is 204 g/mol. The Morgan fingerprint density at radius 2 is 1.73 bits per heavy atom. The van der Waals surface area contributed by atoms with Crippen LogP contribution in [-0.2, 0) is 0 Å². The molecule has 0 bridgehead atoms. The van der Waals surface area contributed by atoms with E-state index in [1.54, 1.807) is 0 Å². The standard InChI is InChI=1S/C12H14O.C2H6/c1-3-7-10(2)12(13)11-8-5-4-6-9-11;1-2/h3-10H,1-2H3;1-2H3/b7-3+;. The van der Waals surface area contributed by atoms with E-state index >= 15 is 0 Å². The lowest BCUT2D eigenvalue weighted by atomic mass is 9.99. The average molecular weight is 204 g/mol. The molecule has 1 nitrogen and oxygen atoms in total. The van der Waals surface area contributed by atoms with Gasteiger partial charge in [-0.05, 0) is 6.92 Å². The van der Waals surface area contributed by atoms with Crippen LogP contribution in [0.4, 0.5) is 0 Å². The molecule has 1 aromatic carbocycles. The van der Waals surface area contributed by atoms with Crippen LogP contribution < -0.4 is 0 Å². The second-order valence-electron chi connectivity index (χ2n) is 3.04. The molecule has 0 saturated carbocycles. The van der Waals surface area contributed by atoms with Crippen LogP contribution in [0.25, 0.3) is 0 Å². The van der Waals surface area contributed by atoms with Crippen molar-refractivity contribution in [1.82, 2.24) is 0 Å². The molecule has 1 aromatic rings. The molecule has 0 N–H and O–H groups in total. The Morgan fingerprint density at radius 1 is 1.20 bits per heavy atom. The van der Waals surface area contributed by atoms with Gasteiger partial charge in [0.2, 0.25) is 0 Å². The Kier molecular flexibility index (Phi) is 7.25. The highest BCUT2D eigenvalue weighted by Crippen LogP contribution is 2.09. The molecule has 1 heteroatoms. The Hall–Kier alpha value is -1.37. The summed E-state index contributed by atoms with van der Waals surface area (Å²) < 4.78 is 0. The summed E-state index contributed by atoms with van der Waals surface area (Å²) in [5, 5.41) is 0. The zero-order valence-electron chi connectivity index (χ0n) is 10.0. The van der Waals surface area contributed by atoms with Gasteiger partial charge in [0.1, 0.15) is 0 Å². The molecule has 0 radical (unpaired) electrons. The number of hydrogen-bond donors (Lipinski definition) is 0. The first-order valence-electron chi connectivity index (χ1n) is 5.47. The van der Waals surface area contributed by atoms with E-state index in [0.29, 0.717) is 0 Å². The minimum Gasteiger partial charge on any atom is -0.294 e. The minimum absolute atomic E-state index is 0.0209. The van der Waals surface area contributed by atoms with Gasteiger partial charge in [0.05, 0.1) is 0 Å². The fraction of sp³-hybridized carbons (Fsp3) is 0.357. The predicted molar refractivity (Wildman–Crippen MR) is 66.1 cm³/mol. The Morgan fingerprint density at radius 3 is 2.20 bits per heavy atom. The largest absolute Gasteiger partial charge is 0.294 e. The van der Waals surface area contributed by atoms with Crippen molar-refractivity contribution in [2.24, 2.45) is 5.92 Å². The normalized spacial score (nSPS) is 11.7. The van der Waals surface area contributed by atoms with E-state index in [0.717, 1.165) is 5.56 Å². The highest BCUT2D eigenvalue weighted by atomic mass is 16.1. The molecule has 0 saturated heterocycles. The van der Waals surface area contributed by atoms with Crippen LogP contribution >= 0.6 is 0 Å². The number of carbonyl (C=O) groups excluding carboxylic acids is 1. The summed E-state index contributed by atoms with van der Waals surface area (Å²) in [6.45, 7) is 7.84. The first kappa shape index (κ1) is 13.6. The van der Waals surface area contributed by atoms with E-state index in [-0.39, 0.29) is 11.7 Å². The maximum atomic E-state index is 11.7. The van der Waals surface area contributed by atoms with E-state index in [9.17, 15) is 4.79 Å². The molecule has 1 unspecified atom stereocenters. The summed E-state index contributed by atoms with van der Waals surface area (Å²) in [5.41, 5.74) is 0.785. The second kappa shape index (κ2) is 7.98. The number of rotatable bonds is 3. The molecular weight excluding hydrogens is 184 g/mol. The summed E-state index contributed by atoms with van der Waals surface area (Å²) >= 11 is 0. The van der Waals surface area contributed by atoms with E-state index in [1.807, 2.05) is 70.2 Å². The zero-order chi connectivity index (χ0) is 11.7. The van der Waals surface area contributed by atoms with Crippen molar-refractivity contribution in [1.29, 1.82) is 0 Å². The van der Waals surface area contributed by atoms with Crippen LogP contribution in [0, 0.1) is 5.92 Å². The van der Waals surface area contributed by atoms with Gasteiger partial charge in [0.25, 0.3) is 0 Å².